The summed E-state index contributed by atoms with van der Waals surface area (Å²) in [5, 5.41) is 2.67. The van der Waals surface area contributed by atoms with Crippen molar-refractivity contribution in [3.63, 3.8) is 0 Å². The van der Waals surface area contributed by atoms with Gasteiger partial charge in [0.2, 0.25) is 5.91 Å². The summed E-state index contributed by atoms with van der Waals surface area (Å²) in [6, 6.07) is -0.568. The van der Waals surface area contributed by atoms with Crippen LogP contribution in [-0.2, 0) is 14.3 Å². The van der Waals surface area contributed by atoms with Crippen molar-refractivity contribution in [3.8, 4) is 0 Å². The SMILES string of the molecule is COC(=O)C(CN(C)CC1CC2CCC1C2)NC(C)=O. The molecular weight excluding hydrogens is 256 g/mol. The minimum atomic E-state index is -0.568. The van der Waals surface area contributed by atoms with Crippen molar-refractivity contribution in [3.05, 3.63) is 0 Å². The molecule has 5 heteroatoms. The number of ether oxygens (including phenoxy) is 1. The fourth-order valence-electron chi connectivity index (χ4n) is 3.95. The van der Waals surface area contributed by atoms with Crippen molar-refractivity contribution in [2.45, 2.75) is 38.6 Å². The monoisotopic (exact) mass is 282 g/mol. The number of rotatable bonds is 6. The number of carbonyl (C=O) groups is 2. The molecule has 1 amide bonds. The van der Waals surface area contributed by atoms with Gasteiger partial charge in [0.1, 0.15) is 6.04 Å². The maximum Gasteiger partial charge on any atom is 0.329 e. The van der Waals surface area contributed by atoms with Crippen LogP contribution in [0.5, 0.6) is 0 Å². The Hall–Kier alpha value is -1.10. The second-order valence-corrected chi connectivity index (χ2v) is 6.43. The molecule has 0 aromatic rings. The fourth-order valence-corrected chi connectivity index (χ4v) is 3.95. The molecule has 2 aliphatic carbocycles. The maximum absolute atomic E-state index is 11.7. The van der Waals surface area contributed by atoms with Crippen LogP contribution >= 0.6 is 0 Å². The number of hydrogen-bond acceptors (Lipinski definition) is 4. The third-order valence-corrected chi connectivity index (χ3v) is 4.79. The van der Waals surface area contributed by atoms with E-state index in [1.807, 2.05) is 7.05 Å². The minimum Gasteiger partial charge on any atom is -0.467 e. The summed E-state index contributed by atoms with van der Waals surface area (Å²) >= 11 is 0. The highest BCUT2D eigenvalue weighted by Gasteiger charge is 2.39. The zero-order valence-electron chi connectivity index (χ0n) is 12.7. The lowest BCUT2D eigenvalue weighted by Gasteiger charge is -2.29. The fraction of sp³-hybridized carbons (Fsp3) is 0.867. The molecule has 0 saturated heterocycles. The second-order valence-electron chi connectivity index (χ2n) is 6.43. The number of esters is 1. The first-order chi connectivity index (χ1) is 9.49. The molecule has 2 rings (SSSR count). The number of nitrogens with one attached hydrogen (secondary N) is 1. The van der Waals surface area contributed by atoms with Crippen LogP contribution in [0.2, 0.25) is 0 Å². The van der Waals surface area contributed by atoms with Crippen LogP contribution < -0.4 is 5.32 Å². The zero-order valence-corrected chi connectivity index (χ0v) is 12.7. The van der Waals surface area contributed by atoms with Crippen molar-refractivity contribution in [1.29, 1.82) is 0 Å². The molecule has 0 radical (unpaired) electrons. The van der Waals surface area contributed by atoms with Gasteiger partial charge in [-0.25, -0.2) is 4.79 Å². The summed E-state index contributed by atoms with van der Waals surface area (Å²) in [5.41, 5.74) is 0. The molecule has 2 fully saturated rings. The molecular formula is C15H26N2O3. The van der Waals surface area contributed by atoms with E-state index in [1.165, 1.54) is 39.7 Å². The molecule has 0 aromatic heterocycles. The lowest BCUT2D eigenvalue weighted by molar-refractivity contribution is -0.145. The Balaban J connectivity index is 1.83. The van der Waals surface area contributed by atoms with Crippen molar-refractivity contribution in [1.82, 2.24) is 10.2 Å². The van der Waals surface area contributed by atoms with Crippen LogP contribution in [0.4, 0.5) is 0 Å². The van der Waals surface area contributed by atoms with Crippen LogP contribution in [0.1, 0.15) is 32.6 Å². The number of carbonyl (C=O) groups excluding carboxylic acids is 2. The number of amides is 1. The molecule has 2 bridgehead atoms. The molecule has 0 aliphatic heterocycles. The van der Waals surface area contributed by atoms with Crippen LogP contribution in [0, 0.1) is 17.8 Å². The van der Waals surface area contributed by atoms with Gasteiger partial charge in [-0.05, 0) is 44.1 Å². The van der Waals surface area contributed by atoms with E-state index in [-0.39, 0.29) is 11.9 Å². The third kappa shape index (κ3) is 3.72. The molecule has 0 heterocycles. The van der Waals surface area contributed by atoms with Gasteiger partial charge < -0.3 is 15.0 Å². The number of nitrogens with zero attached hydrogens (tertiary/aromatic N) is 1. The lowest BCUT2D eigenvalue weighted by atomic mass is 9.88. The van der Waals surface area contributed by atoms with E-state index in [0.717, 1.165) is 24.3 Å². The van der Waals surface area contributed by atoms with E-state index < -0.39 is 6.04 Å². The first kappa shape index (κ1) is 15.3. The smallest absolute Gasteiger partial charge is 0.329 e. The van der Waals surface area contributed by atoms with E-state index in [2.05, 4.69) is 10.2 Å². The highest BCUT2D eigenvalue weighted by atomic mass is 16.5. The maximum atomic E-state index is 11.7. The Kier molecular flexibility index (Phi) is 5.02. The quantitative estimate of drug-likeness (QED) is 0.739. The van der Waals surface area contributed by atoms with Gasteiger partial charge in [-0.2, -0.15) is 0 Å². The van der Waals surface area contributed by atoms with E-state index in [0.29, 0.717) is 6.54 Å². The molecule has 2 saturated carbocycles. The highest BCUT2D eigenvalue weighted by molar-refractivity contribution is 5.83. The van der Waals surface area contributed by atoms with Crippen molar-refractivity contribution in [2.24, 2.45) is 17.8 Å². The first-order valence-corrected chi connectivity index (χ1v) is 7.53. The van der Waals surface area contributed by atoms with Gasteiger partial charge in [-0.1, -0.05) is 6.42 Å². The van der Waals surface area contributed by atoms with Crippen LogP contribution in [0.3, 0.4) is 0 Å². The van der Waals surface area contributed by atoms with E-state index in [4.69, 9.17) is 4.74 Å². The van der Waals surface area contributed by atoms with Crippen LogP contribution in [0.25, 0.3) is 0 Å². The Bertz CT molecular complexity index is 372. The highest BCUT2D eigenvalue weighted by Crippen LogP contribution is 2.48. The predicted octanol–water partition coefficient (Wildman–Crippen LogP) is 1.03. The third-order valence-electron chi connectivity index (χ3n) is 4.79. The molecule has 5 nitrogen and oxygen atoms in total. The second kappa shape index (κ2) is 6.57. The lowest BCUT2D eigenvalue weighted by Crippen LogP contribution is -2.48. The zero-order chi connectivity index (χ0) is 14.7. The molecule has 4 unspecified atom stereocenters. The van der Waals surface area contributed by atoms with E-state index in [9.17, 15) is 9.59 Å². The molecule has 4 atom stereocenters. The van der Waals surface area contributed by atoms with Crippen LogP contribution in [-0.4, -0.2) is 50.1 Å². The average Bonchev–Trinajstić information content (AvgIpc) is 2.98. The summed E-state index contributed by atoms with van der Waals surface area (Å²) in [7, 11) is 3.37. The molecule has 20 heavy (non-hydrogen) atoms. The molecule has 0 aromatic carbocycles. The first-order valence-electron chi connectivity index (χ1n) is 7.53. The van der Waals surface area contributed by atoms with Crippen molar-refractivity contribution < 1.29 is 14.3 Å². The standard InChI is InChI=1S/C15H26N2O3/c1-10(18)16-14(15(19)20-3)9-17(2)8-13-7-11-4-5-12(13)6-11/h11-14H,4-9H2,1-3H3,(H,16,18). The normalized spacial score (nSPS) is 29.5. The molecule has 0 spiro atoms. The van der Waals surface area contributed by atoms with Gasteiger partial charge in [0.15, 0.2) is 0 Å². The molecule has 1 N–H and O–H groups in total. The minimum absolute atomic E-state index is 0.200. The van der Waals surface area contributed by atoms with Gasteiger partial charge in [0, 0.05) is 20.0 Å². The van der Waals surface area contributed by atoms with Gasteiger partial charge in [-0.3, -0.25) is 4.79 Å². The number of methoxy groups -OCH3 is 1. The summed E-state index contributed by atoms with van der Waals surface area (Å²) in [5.74, 6) is 1.99. The van der Waals surface area contributed by atoms with Gasteiger partial charge >= 0.3 is 5.97 Å². The summed E-state index contributed by atoms with van der Waals surface area (Å²) in [6.45, 7) is 2.94. The number of likely N-dealkylation sites (N-methyl/N-ethyl adjacent to an activating group) is 1. The van der Waals surface area contributed by atoms with Gasteiger partial charge in [0.05, 0.1) is 7.11 Å². The average molecular weight is 282 g/mol. The molecule has 2 aliphatic rings. The Morgan fingerprint density at radius 3 is 2.60 bits per heavy atom. The van der Waals surface area contributed by atoms with Crippen molar-refractivity contribution >= 4 is 11.9 Å². The van der Waals surface area contributed by atoms with Gasteiger partial charge in [0.25, 0.3) is 0 Å². The Morgan fingerprint density at radius 1 is 1.35 bits per heavy atom. The van der Waals surface area contributed by atoms with Gasteiger partial charge in [-0.15, -0.1) is 0 Å². The number of fused-ring (bicyclic) bond motifs is 2. The Labute approximate surface area is 121 Å². The van der Waals surface area contributed by atoms with Crippen molar-refractivity contribution in [2.75, 3.05) is 27.2 Å². The van der Waals surface area contributed by atoms with E-state index in [1.54, 1.807) is 0 Å². The summed E-state index contributed by atoms with van der Waals surface area (Å²) < 4.78 is 4.75. The van der Waals surface area contributed by atoms with E-state index >= 15 is 0 Å². The number of hydrogen-bond donors (Lipinski definition) is 1. The Morgan fingerprint density at radius 2 is 2.10 bits per heavy atom. The molecule has 114 valence electrons. The largest absolute Gasteiger partial charge is 0.467 e. The summed E-state index contributed by atoms with van der Waals surface area (Å²) in [4.78, 5) is 25.0. The predicted molar refractivity (Wildman–Crippen MR) is 76.1 cm³/mol. The van der Waals surface area contributed by atoms with Crippen LogP contribution in [0.15, 0.2) is 0 Å². The topological polar surface area (TPSA) is 58.6 Å². The summed E-state index contributed by atoms with van der Waals surface area (Å²) in [6.07, 6.45) is 5.50.